The number of fused-ring (bicyclic) bond motifs is 2. The number of hydrogen-bond acceptors (Lipinski definition) is 2. The molecule has 4 rings (SSSR count). The summed E-state index contributed by atoms with van der Waals surface area (Å²) in [6.07, 6.45) is 1.76. The van der Waals surface area contributed by atoms with Gasteiger partial charge in [-0.1, -0.05) is 48.0 Å². The molecule has 0 bridgehead atoms. The molecule has 0 aliphatic carbocycles. The minimum atomic E-state index is -0.196. The Morgan fingerprint density at radius 2 is 1.92 bits per heavy atom. The van der Waals surface area contributed by atoms with Gasteiger partial charge < -0.3 is 5.32 Å². The van der Waals surface area contributed by atoms with E-state index in [-0.39, 0.29) is 5.91 Å². The molecule has 24 heavy (non-hydrogen) atoms. The van der Waals surface area contributed by atoms with E-state index in [9.17, 15) is 4.79 Å². The van der Waals surface area contributed by atoms with E-state index in [0.29, 0.717) is 22.1 Å². The molecule has 0 atom stereocenters. The molecule has 0 unspecified atom stereocenters. The van der Waals surface area contributed by atoms with Crippen molar-refractivity contribution in [2.75, 3.05) is 5.32 Å². The van der Waals surface area contributed by atoms with Crippen molar-refractivity contribution < 1.29 is 4.79 Å². The van der Waals surface area contributed by atoms with Gasteiger partial charge >= 0.3 is 0 Å². The molecule has 0 radical (unpaired) electrons. The summed E-state index contributed by atoms with van der Waals surface area (Å²) in [5, 5.41) is 5.68. The third kappa shape index (κ3) is 2.41. The van der Waals surface area contributed by atoms with Crippen molar-refractivity contribution in [3.05, 3.63) is 77.2 Å². The van der Waals surface area contributed by atoms with Crippen LogP contribution in [0.1, 0.15) is 16.2 Å². The number of carbonyl (C=O) groups is 1. The van der Waals surface area contributed by atoms with Crippen molar-refractivity contribution in [1.82, 2.24) is 9.38 Å². The van der Waals surface area contributed by atoms with Crippen LogP contribution in [0.15, 0.2) is 60.8 Å². The number of pyridine rings is 1. The van der Waals surface area contributed by atoms with Gasteiger partial charge in [0.2, 0.25) is 0 Å². The van der Waals surface area contributed by atoms with Crippen molar-refractivity contribution in [3.63, 3.8) is 0 Å². The van der Waals surface area contributed by atoms with Gasteiger partial charge in [-0.05, 0) is 24.4 Å². The lowest BCUT2D eigenvalue weighted by Crippen LogP contribution is -2.15. The maximum Gasteiger partial charge on any atom is 0.274 e. The van der Waals surface area contributed by atoms with Gasteiger partial charge in [-0.15, -0.1) is 0 Å². The fraction of sp³-hybridized carbons (Fsp3) is 0.0526. The molecular formula is C19H14ClN3O. The summed E-state index contributed by atoms with van der Waals surface area (Å²) in [5.41, 5.74) is 2.61. The topological polar surface area (TPSA) is 46.4 Å². The number of halogens is 1. The minimum absolute atomic E-state index is 0.196. The average Bonchev–Trinajstić information content (AvgIpc) is 2.90. The zero-order chi connectivity index (χ0) is 16.7. The summed E-state index contributed by atoms with van der Waals surface area (Å²) in [6.45, 7) is 1.82. The van der Waals surface area contributed by atoms with E-state index in [1.807, 2.05) is 49.4 Å². The van der Waals surface area contributed by atoms with E-state index in [1.54, 1.807) is 22.7 Å². The molecule has 1 N–H and O–H groups in total. The first-order valence-electron chi connectivity index (χ1n) is 7.57. The van der Waals surface area contributed by atoms with E-state index in [1.165, 1.54) is 0 Å². The second kappa shape index (κ2) is 5.65. The van der Waals surface area contributed by atoms with Gasteiger partial charge in [-0.3, -0.25) is 9.20 Å². The molecule has 4 aromatic rings. The molecular weight excluding hydrogens is 322 g/mol. The van der Waals surface area contributed by atoms with E-state index >= 15 is 0 Å². The van der Waals surface area contributed by atoms with Gasteiger partial charge in [0.25, 0.3) is 5.91 Å². The normalized spacial score (nSPS) is 11.1. The van der Waals surface area contributed by atoms with Crippen LogP contribution in [0.25, 0.3) is 16.4 Å². The summed E-state index contributed by atoms with van der Waals surface area (Å²) in [4.78, 5) is 17.3. The molecule has 1 amide bonds. The number of nitrogens with zero attached hydrogens (tertiary/aromatic N) is 2. The highest BCUT2D eigenvalue weighted by molar-refractivity contribution is 6.30. The number of aryl methyl sites for hydroxylation is 1. The van der Waals surface area contributed by atoms with Crippen molar-refractivity contribution in [2.24, 2.45) is 0 Å². The Morgan fingerprint density at radius 3 is 2.79 bits per heavy atom. The number of amides is 1. The van der Waals surface area contributed by atoms with E-state index in [2.05, 4.69) is 10.3 Å². The van der Waals surface area contributed by atoms with Crippen LogP contribution in [-0.4, -0.2) is 15.3 Å². The molecule has 2 aromatic heterocycles. The fourth-order valence-electron chi connectivity index (χ4n) is 2.93. The Labute approximate surface area is 143 Å². The Morgan fingerprint density at radius 1 is 1.12 bits per heavy atom. The van der Waals surface area contributed by atoms with Crippen LogP contribution < -0.4 is 5.32 Å². The molecule has 0 fully saturated rings. The third-order valence-electron chi connectivity index (χ3n) is 4.02. The van der Waals surface area contributed by atoms with Gasteiger partial charge in [-0.25, -0.2) is 4.98 Å². The standard InChI is InChI=1S/C19H14ClN3O/c1-12-18(23-10-9-14(20)11-17(23)21-12)19(24)22-16-8-4-6-13-5-2-3-7-15(13)16/h2-11H,1H3,(H,22,24). The van der Waals surface area contributed by atoms with E-state index in [4.69, 9.17) is 11.6 Å². The monoisotopic (exact) mass is 335 g/mol. The molecule has 0 aliphatic heterocycles. The Bertz CT molecular complexity index is 1080. The van der Waals surface area contributed by atoms with Crippen molar-refractivity contribution >= 4 is 39.6 Å². The first kappa shape index (κ1) is 14.7. The number of rotatable bonds is 2. The molecule has 5 heteroatoms. The fourth-order valence-corrected chi connectivity index (χ4v) is 3.08. The summed E-state index contributed by atoms with van der Waals surface area (Å²) in [6, 6.07) is 17.3. The Balaban J connectivity index is 1.78. The molecule has 2 aromatic carbocycles. The number of nitrogens with one attached hydrogen (secondary N) is 1. The number of aromatic nitrogens is 2. The van der Waals surface area contributed by atoms with E-state index < -0.39 is 0 Å². The largest absolute Gasteiger partial charge is 0.320 e. The Hall–Kier alpha value is -2.85. The van der Waals surface area contributed by atoms with Crippen LogP contribution in [0, 0.1) is 6.92 Å². The summed E-state index contributed by atoms with van der Waals surface area (Å²) >= 11 is 6.00. The van der Waals surface area contributed by atoms with Gasteiger partial charge in [0, 0.05) is 28.4 Å². The maximum absolute atomic E-state index is 12.8. The quantitative estimate of drug-likeness (QED) is 0.577. The molecule has 0 saturated carbocycles. The second-order valence-corrected chi connectivity index (χ2v) is 6.04. The zero-order valence-electron chi connectivity index (χ0n) is 13.0. The predicted octanol–water partition coefficient (Wildman–Crippen LogP) is 4.70. The van der Waals surface area contributed by atoms with Crippen LogP contribution in [-0.2, 0) is 0 Å². The molecule has 0 saturated heterocycles. The second-order valence-electron chi connectivity index (χ2n) is 5.60. The molecule has 118 valence electrons. The zero-order valence-corrected chi connectivity index (χ0v) is 13.7. The molecule has 0 spiro atoms. The lowest BCUT2D eigenvalue weighted by atomic mass is 10.1. The number of carbonyl (C=O) groups excluding carboxylic acids is 1. The van der Waals surface area contributed by atoms with Gasteiger partial charge in [0.05, 0.1) is 5.69 Å². The summed E-state index contributed by atoms with van der Waals surface area (Å²) in [5.74, 6) is -0.196. The van der Waals surface area contributed by atoms with Crippen LogP contribution in [0.3, 0.4) is 0 Å². The predicted molar refractivity (Wildman–Crippen MR) is 96.8 cm³/mol. The Kier molecular flexibility index (Phi) is 3.47. The third-order valence-corrected chi connectivity index (χ3v) is 4.25. The highest BCUT2D eigenvalue weighted by Gasteiger charge is 2.17. The summed E-state index contributed by atoms with van der Waals surface area (Å²) < 4.78 is 1.75. The van der Waals surface area contributed by atoms with E-state index in [0.717, 1.165) is 16.5 Å². The minimum Gasteiger partial charge on any atom is -0.320 e. The van der Waals surface area contributed by atoms with Gasteiger partial charge in [0.1, 0.15) is 11.3 Å². The van der Waals surface area contributed by atoms with Crippen molar-refractivity contribution in [3.8, 4) is 0 Å². The number of hydrogen-bond donors (Lipinski definition) is 1. The number of anilines is 1. The number of imidazole rings is 1. The lowest BCUT2D eigenvalue weighted by Gasteiger charge is -2.09. The van der Waals surface area contributed by atoms with Crippen molar-refractivity contribution in [2.45, 2.75) is 6.92 Å². The molecule has 2 heterocycles. The highest BCUT2D eigenvalue weighted by atomic mass is 35.5. The average molecular weight is 336 g/mol. The van der Waals surface area contributed by atoms with Crippen LogP contribution >= 0.6 is 11.6 Å². The van der Waals surface area contributed by atoms with Crippen LogP contribution in [0.5, 0.6) is 0 Å². The first-order chi connectivity index (χ1) is 11.6. The summed E-state index contributed by atoms with van der Waals surface area (Å²) in [7, 11) is 0. The SMILES string of the molecule is Cc1nc2cc(Cl)ccn2c1C(=O)Nc1cccc2ccccc12. The molecule has 0 aliphatic rings. The van der Waals surface area contributed by atoms with Gasteiger partial charge in [-0.2, -0.15) is 0 Å². The number of benzene rings is 2. The molecule has 4 nitrogen and oxygen atoms in total. The van der Waals surface area contributed by atoms with Crippen LogP contribution in [0.4, 0.5) is 5.69 Å². The maximum atomic E-state index is 12.8. The van der Waals surface area contributed by atoms with Crippen LogP contribution in [0.2, 0.25) is 5.02 Å². The highest BCUT2D eigenvalue weighted by Crippen LogP contribution is 2.24. The first-order valence-corrected chi connectivity index (χ1v) is 7.94. The van der Waals surface area contributed by atoms with Gasteiger partial charge in [0.15, 0.2) is 0 Å². The lowest BCUT2D eigenvalue weighted by molar-refractivity contribution is 0.102. The van der Waals surface area contributed by atoms with Crippen molar-refractivity contribution in [1.29, 1.82) is 0 Å². The smallest absolute Gasteiger partial charge is 0.274 e.